The number of likely N-dealkylation sites (N-methyl/N-ethyl adjacent to an activating group) is 1. The molecule has 4 rings (SSSR count). The Labute approximate surface area is 227 Å². The molecule has 0 unspecified atom stereocenters. The number of hydrogen-bond acceptors (Lipinski definition) is 6. The van der Waals surface area contributed by atoms with Gasteiger partial charge in [-0.15, -0.1) is 11.3 Å². The lowest BCUT2D eigenvalue weighted by atomic mass is 10.1. The monoisotopic (exact) mass is 532 g/mol. The van der Waals surface area contributed by atoms with Crippen LogP contribution >= 0.6 is 11.3 Å². The lowest BCUT2D eigenvalue weighted by Crippen LogP contribution is -2.31. The van der Waals surface area contributed by atoms with Gasteiger partial charge in [0.2, 0.25) is 0 Å². The molecule has 38 heavy (non-hydrogen) atoms. The number of carbonyl (C=O) groups is 1. The average Bonchev–Trinajstić information content (AvgIpc) is 3.38. The number of amides is 1. The molecule has 0 saturated heterocycles. The van der Waals surface area contributed by atoms with Gasteiger partial charge in [0.25, 0.3) is 5.91 Å². The van der Waals surface area contributed by atoms with Crippen LogP contribution < -0.4 is 10.1 Å². The molecule has 0 spiro atoms. The number of rotatable bonds is 13. The highest BCUT2D eigenvalue weighted by Gasteiger charge is 2.15. The summed E-state index contributed by atoms with van der Waals surface area (Å²) in [6.45, 7) is 3.72. The van der Waals surface area contributed by atoms with Gasteiger partial charge in [0.1, 0.15) is 28.9 Å². The molecule has 0 radical (unpaired) electrons. The summed E-state index contributed by atoms with van der Waals surface area (Å²) in [5, 5.41) is 5.57. The summed E-state index contributed by atoms with van der Waals surface area (Å²) in [6, 6.07) is 24.7. The normalized spacial score (nSPS) is 11.2. The third-order valence-corrected chi connectivity index (χ3v) is 6.72. The van der Waals surface area contributed by atoms with Crippen molar-refractivity contribution in [2.24, 2.45) is 0 Å². The smallest absolute Gasteiger partial charge is 0.270 e. The molecule has 4 aromatic rings. The molecule has 3 aromatic carbocycles. The first kappa shape index (κ1) is 27.4. The molecule has 0 bridgehead atoms. The molecule has 1 N–H and O–H groups in total. The zero-order valence-electron chi connectivity index (χ0n) is 21.8. The summed E-state index contributed by atoms with van der Waals surface area (Å²) in [7, 11) is 3.93. The van der Waals surface area contributed by atoms with E-state index in [0.29, 0.717) is 38.5 Å². The highest BCUT2D eigenvalue weighted by atomic mass is 32.1. The van der Waals surface area contributed by atoms with E-state index in [-0.39, 0.29) is 11.7 Å². The van der Waals surface area contributed by atoms with Gasteiger partial charge in [-0.25, -0.2) is 9.37 Å². The first-order chi connectivity index (χ1) is 18.4. The average molecular weight is 533 g/mol. The van der Waals surface area contributed by atoms with Crippen molar-refractivity contribution in [1.29, 1.82) is 0 Å². The summed E-state index contributed by atoms with van der Waals surface area (Å²) < 4.78 is 19.4. The molecule has 0 atom stereocenters. The van der Waals surface area contributed by atoms with Gasteiger partial charge in [-0.3, -0.25) is 9.69 Å². The highest BCUT2D eigenvalue weighted by molar-refractivity contribution is 7.09. The molecule has 1 amide bonds. The number of hydrogen-bond donors (Lipinski definition) is 1. The fraction of sp³-hybridized carbons (Fsp3) is 0.267. The molecule has 198 valence electrons. The number of benzene rings is 3. The fourth-order valence-electron chi connectivity index (χ4n) is 3.87. The van der Waals surface area contributed by atoms with Gasteiger partial charge in [-0.2, -0.15) is 0 Å². The molecular weight excluding hydrogens is 499 g/mol. The van der Waals surface area contributed by atoms with Gasteiger partial charge < -0.3 is 15.0 Å². The number of nitrogens with zero attached hydrogens (tertiary/aromatic N) is 3. The van der Waals surface area contributed by atoms with Crippen LogP contribution in [0.2, 0.25) is 0 Å². The molecule has 0 aliphatic rings. The summed E-state index contributed by atoms with van der Waals surface area (Å²) in [4.78, 5) is 21.3. The summed E-state index contributed by atoms with van der Waals surface area (Å²) in [5.74, 6) is 0.397. The van der Waals surface area contributed by atoms with Crippen LogP contribution in [0.1, 0.15) is 32.2 Å². The Morgan fingerprint density at radius 1 is 0.895 bits per heavy atom. The van der Waals surface area contributed by atoms with E-state index in [1.807, 2.05) is 61.5 Å². The number of carbonyl (C=O) groups excluding carboxylic acids is 1. The van der Waals surface area contributed by atoms with Crippen LogP contribution in [-0.4, -0.2) is 47.9 Å². The lowest BCUT2D eigenvalue weighted by molar-refractivity contribution is 0.0946. The molecule has 6 nitrogen and oxygen atoms in total. The van der Waals surface area contributed by atoms with Crippen LogP contribution in [0.3, 0.4) is 0 Å². The third kappa shape index (κ3) is 8.76. The predicted octanol–water partition coefficient (Wildman–Crippen LogP) is 5.36. The molecule has 0 aliphatic carbocycles. The molecule has 8 heteroatoms. The largest absolute Gasteiger partial charge is 0.489 e. The minimum Gasteiger partial charge on any atom is -0.489 e. The Morgan fingerprint density at radius 3 is 2.21 bits per heavy atom. The molecule has 0 aliphatic heterocycles. The first-order valence-electron chi connectivity index (χ1n) is 12.5. The van der Waals surface area contributed by atoms with Gasteiger partial charge in [-0.05, 0) is 55.1 Å². The molecule has 0 saturated carbocycles. The number of ether oxygens (including phenoxy) is 1. The maximum atomic E-state index is 13.5. The van der Waals surface area contributed by atoms with Crippen LogP contribution in [0, 0.1) is 5.82 Å². The summed E-state index contributed by atoms with van der Waals surface area (Å²) >= 11 is 1.47. The maximum absolute atomic E-state index is 13.5. The zero-order valence-corrected chi connectivity index (χ0v) is 22.6. The second-order valence-corrected chi connectivity index (χ2v) is 10.3. The Balaban J connectivity index is 1.40. The summed E-state index contributed by atoms with van der Waals surface area (Å²) in [6.07, 6.45) is 0. The van der Waals surface area contributed by atoms with Crippen LogP contribution in [0.25, 0.3) is 0 Å². The van der Waals surface area contributed by atoms with Crippen molar-refractivity contribution in [1.82, 2.24) is 20.1 Å². The third-order valence-electron chi connectivity index (χ3n) is 5.89. The summed E-state index contributed by atoms with van der Waals surface area (Å²) in [5.41, 5.74) is 3.69. The van der Waals surface area contributed by atoms with Gasteiger partial charge in [0.15, 0.2) is 0 Å². The standard InChI is InChI=1S/C30H33FN4O2S/c1-34(2)17-16-32-30(36)28-22-38-29(33-28)20-35(18-23-8-12-26(31)13-9-23)19-24-10-14-27(15-11-24)37-21-25-6-4-3-5-7-25/h3-15,22H,16-21H2,1-2H3,(H,32,36). The van der Waals surface area contributed by atoms with Crippen molar-refractivity contribution >= 4 is 17.2 Å². The lowest BCUT2D eigenvalue weighted by Gasteiger charge is -2.22. The van der Waals surface area contributed by atoms with E-state index in [9.17, 15) is 9.18 Å². The topological polar surface area (TPSA) is 57.7 Å². The Morgan fingerprint density at radius 2 is 1.55 bits per heavy atom. The van der Waals surface area contributed by atoms with Crippen LogP contribution in [-0.2, 0) is 26.2 Å². The van der Waals surface area contributed by atoms with E-state index in [1.165, 1.54) is 23.5 Å². The number of thiazole rings is 1. The number of halogens is 1. The predicted molar refractivity (Wildman–Crippen MR) is 150 cm³/mol. The quantitative estimate of drug-likeness (QED) is 0.251. The Kier molecular flexibility index (Phi) is 9.97. The number of aromatic nitrogens is 1. The van der Waals surface area contributed by atoms with Gasteiger partial charge in [0.05, 0.1) is 6.54 Å². The Bertz CT molecular complexity index is 1280. The number of nitrogens with one attached hydrogen (secondary N) is 1. The van der Waals surface area contributed by atoms with Crippen LogP contribution in [0.4, 0.5) is 4.39 Å². The van der Waals surface area contributed by atoms with Crippen molar-refractivity contribution in [2.75, 3.05) is 27.2 Å². The molecule has 1 heterocycles. The van der Waals surface area contributed by atoms with Crippen molar-refractivity contribution in [3.63, 3.8) is 0 Å². The second-order valence-electron chi connectivity index (χ2n) is 9.38. The van der Waals surface area contributed by atoms with Gasteiger partial charge in [-0.1, -0.05) is 54.6 Å². The van der Waals surface area contributed by atoms with Crippen LogP contribution in [0.5, 0.6) is 5.75 Å². The van der Waals surface area contributed by atoms with Crippen molar-refractivity contribution in [3.8, 4) is 5.75 Å². The SMILES string of the molecule is CN(C)CCNC(=O)c1csc(CN(Cc2ccc(F)cc2)Cc2ccc(OCc3ccccc3)cc2)n1. The zero-order chi connectivity index (χ0) is 26.7. The van der Waals surface area contributed by atoms with E-state index >= 15 is 0 Å². The first-order valence-corrected chi connectivity index (χ1v) is 13.4. The Hall–Kier alpha value is -3.59. The van der Waals surface area contributed by atoms with Crippen LogP contribution in [0.15, 0.2) is 84.2 Å². The molecule has 1 aromatic heterocycles. The molecule has 0 fully saturated rings. The van der Waals surface area contributed by atoms with Crippen molar-refractivity contribution in [2.45, 2.75) is 26.2 Å². The minimum absolute atomic E-state index is 0.162. The van der Waals surface area contributed by atoms with Crippen molar-refractivity contribution in [3.05, 3.63) is 117 Å². The maximum Gasteiger partial charge on any atom is 0.270 e. The molecular formula is C30H33FN4O2S. The van der Waals surface area contributed by atoms with Gasteiger partial charge in [0, 0.05) is 31.6 Å². The second kappa shape index (κ2) is 13.8. The van der Waals surface area contributed by atoms with E-state index in [1.54, 1.807) is 17.5 Å². The van der Waals surface area contributed by atoms with Gasteiger partial charge >= 0.3 is 0 Å². The van der Waals surface area contributed by atoms with E-state index < -0.39 is 0 Å². The van der Waals surface area contributed by atoms with E-state index in [0.717, 1.165) is 34.0 Å². The van der Waals surface area contributed by atoms with E-state index in [4.69, 9.17) is 4.74 Å². The van der Waals surface area contributed by atoms with E-state index in [2.05, 4.69) is 27.3 Å². The minimum atomic E-state index is -0.253. The highest BCUT2D eigenvalue weighted by Crippen LogP contribution is 2.20. The van der Waals surface area contributed by atoms with Crippen molar-refractivity contribution < 1.29 is 13.9 Å². The fourth-order valence-corrected chi connectivity index (χ4v) is 4.68.